The van der Waals surface area contributed by atoms with Gasteiger partial charge in [0.1, 0.15) is 31.5 Å². The van der Waals surface area contributed by atoms with Crippen molar-refractivity contribution in [2.45, 2.75) is 235 Å². The van der Waals surface area contributed by atoms with Crippen LogP contribution in [0, 0.1) is 50.2 Å². The molecule has 488 valence electrons. The van der Waals surface area contributed by atoms with Gasteiger partial charge in [0, 0.05) is 48.5 Å². The van der Waals surface area contributed by atoms with Gasteiger partial charge in [-0.05, 0) is 120 Å². The Kier molecular flexibility index (Phi) is 19.8. The van der Waals surface area contributed by atoms with Crippen LogP contribution in [-0.2, 0) is 95.2 Å². The maximum absolute atomic E-state index is 15.4. The number of rotatable bonds is 17. The predicted octanol–water partition coefficient (Wildman–Crippen LogP) is 10.1. The zero-order chi connectivity index (χ0) is 64.8. The molecule has 0 aromatic heterocycles. The lowest BCUT2D eigenvalue weighted by Crippen LogP contribution is -2.68. The zero-order valence-corrected chi connectivity index (χ0v) is 54.2. The van der Waals surface area contributed by atoms with E-state index >= 15 is 4.79 Å². The van der Waals surface area contributed by atoms with Gasteiger partial charge in [-0.1, -0.05) is 121 Å². The summed E-state index contributed by atoms with van der Waals surface area (Å²) in [5, 5.41) is 0. The first-order valence-corrected chi connectivity index (χ1v) is 31.6. The van der Waals surface area contributed by atoms with Gasteiger partial charge in [0.2, 0.25) is 0 Å². The van der Waals surface area contributed by atoms with E-state index < -0.39 is 139 Å². The number of carbonyl (C=O) groups is 8. The molecule has 4 saturated carbocycles. The molecule has 0 amide bonds. The number of hydrogen-bond acceptors (Lipinski definition) is 20. The molecule has 2 aliphatic heterocycles. The Hall–Kier alpha value is -6.22. The molecule has 0 N–H and O–H groups in total. The molecule has 7 aliphatic rings. The van der Waals surface area contributed by atoms with Gasteiger partial charge in [-0.15, -0.1) is 0 Å². The lowest BCUT2D eigenvalue weighted by Gasteiger charge is -2.71. The first kappa shape index (κ1) is 67.2. The standard InChI is InChI=1S/C69H92O20/c1-38(70)78-36-49-55(80-40(3)72)57(82-42(5)74)59(83-43(6)75)62(86-49)88-58-56(81-41(4)73)50(37-79-39(2)71)85-61(60(58)84-44(7)76)87-53-28-29-66(12)51(65(53,10)11)27-30-68(14)52(66)26-25-47-48-35-64(8,9)31-33-69(48,34-32-67(47,68)13)63(77)89-54(45-21-17-15-18-22-45)46-23-19-16-20-24-46/h15-25,48-62H,26-37H2,1-14H3/t48-,49+,50+,51-,52+,53-,55+,56+,57-,58-,59+,60+,61-,62-,66-,67+,68+,69-/m0/s1. The average Bonchev–Trinajstić information content (AvgIpc) is 0.679. The van der Waals surface area contributed by atoms with Crippen LogP contribution < -0.4 is 0 Å². The zero-order valence-electron chi connectivity index (χ0n) is 54.2. The predicted molar refractivity (Wildman–Crippen MR) is 318 cm³/mol. The van der Waals surface area contributed by atoms with E-state index in [0.717, 1.165) is 110 Å². The molecule has 5 aliphatic carbocycles. The molecule has 2 heterocycles. The largest absolute Gasteiger partial charge is 0.463 e. The summed E-state index contributed by atoms with van der Waals surface area (Å²) in [6.07, 6.45) is -6.45. The van der Waals surface area contributed by atoms with Crippen molar-refractivity contribution < 1.29 is 95.2 Å². The minimum Gasteiger partial charge on any atom is -0.463 e. The monoisotopic (exact) mass is 1240 g/mol. The SMILES string of the molecule is CC(=O)OC[C@H]1O[C@@H](O[C@@H]2[C@@H](OC(C)=O)[C@H](O[C@H]3CC[C@]4(C)[C@H]5CC=C6[C@@H]7CC(C)(C)CC[C@]7(C(=O)OC(c7ccccc7)c7ccccc7)CC[C@@]6(C)[C@]5(C)CC[C@H]4C3(C)C)O[C@H](COC(C)=O)[C@H]2OC(C)=O)[C@H](OC(C)=O)[C@@H](OC(C)=O)[C@@H]1OC(C)=O. The molecule has 20 heteroatoms. The topological polar surface area (TPSA) is 247 Å². The average molecular weight is 1240 g/mol. The van der Waals surface area contributed by atoms with E-state index in [1.807, 2.05) is 60.7 Å². The normalized spacial score (nSPS) is 36.7. The number of allylic oxidation sites excluding steroid dienone is 2. The molecule has 0 bridgehead atoms. The van der Waals surface area contributed by atoms with Gasteiger partial charge in [0.05, 0.1) is 11.5 Å². The third-order valence-electron chi connectivity index (χ3n) is 21.6. The highest BCUT2D eigenvalue weighted by Crippen LogP contribution is 2.76. The highest BCUT2D eigenvalue weighted by Gasteiger charge is 2.70. The molecule has 0 spiro atoms. The number of hydrogen-bond donors (Lipinski definition) is 0. The fourth-order valence-corrected chi connectivity index (χ4v) is 17.4. The van der Waals surface area contributed by atoms with Crippen LogP contribution in [0.2, 0.25) is 0 Å². The summed E-state index contributed by atoms with van der Waals surface area (Å²) in [7, 11) is 0. The van der Waals surface area contributed by atoms with Gasteiger partial charge in [0.15, 0.2) is 49.2 Å². The molecule has 89 heavy (non-hydrogen) atoms. The van der Waals surface area contributed by atoms with Crippen molar-refractivity contribution in [3.63, 3.8) is 0 Å². The Morgan fingerprint density at radius 3 is 1.49 bits per heavy atom. The molecule has 9 rings (SSSR count). The van der Waals surface area contributed by atoms with E-state index in [0.29, 0.717) is 6.42 Å². The molecule has 20 nitrogen and oxygen atoms in total. The van der Waals surface area contributed by atoms with Crippen molar-refractivity contribution in [2.24, 2.45) is 50.2 Å². The number of esters is 8. The number of carbonyl (C=O) groups excluding carboxylic acids is 8. The Bertz CT molecular complexity index is 2960. The molecular formula is C69H92O20. The molecule has 18 atom stereocenters. The quantitative estimate of drug-likeness (QED) is 0.0618. The third-order valence-corrected chi connectivity index (χ3v) is 21.6. The van der Waals surface area contributed by atoms with E-state index in [-0.39, 0.29) is 45.4 Å². The Labute approximate surface area is 522 Å². The van der Waals surface area contributed by atoms with E-state index in [4.69, 9.17) is 56.8 Å². The van der Waals surface area contributed by atoms with Crippen molar-refractivity contribution in [3.8, 4) is 0 Å². The minimum absolute atomic E-state index is 0.000438. The molecule has 2 aromatic rings. The van der Waals surface area contributed by atoms with E-state index in [1.165, 1.54) is 12.5 Å². The van der Waals surface area contributed by atoms with E-state index in [9.17, 15) is 33.6 Å². The van der Waals surface area contributed by atoms with Gasteiger partial charge < -0.3 is 56.8 Å². The third kappa shape index (κ3) is 13.4. The van der Waals surface area contributed by atoms with Crippen molar-refractivity contribution in [1.29, 1.82) is 0 Å². The second-order valence-electron chi connectivity index (χ2n) is 28.1. The minimum atomic E-state index is -1.84. The summed E-state index contributed by atoms with van der Waals surface area (Å²) >= 11 is 0. The van der Waals surface area contributed by atoms with Crippen LogP contribution in [-0.4, -0.2) is 128 Å². The molecule has 6 fully saturated rings. The molecule has 0 radical (unpaired) electrons. The second kappa shape index (κ2) is 26.2. The van der Waals surface area contributed by atoms with E-state index in [1.54, 1.807) is 0 Å². The summed E-state index contributed by atoms with van der Waals surface area (Å²) in [5.74, 6) is -5.52. The summed E-state index contributed by atoms with van der Waals surface area (Å²) in [4.78, 5) is 105. The lowest BCUT2D eigenvalue weighted by atomic mass is 9.33. The summed E-state index contributed by atoms with van der Waals surface area (Å²) in [6, 6.07) is 20.0. The molecule has 2 saturated heterocycles. The maximum Gasteiger partial charge on any atom is 0.313 e. The van der Waals surface area contributed by atoms with Crippen molar-refractivity contribution >= 4 is 47.8 Å². The summed E-state index contributed by atoms with van der Waals surface area (Å²) in [5.41, 5.74) is 1.44. The van der Waals surface area contributed by atoms with Gasteiger partial charge in [0.25, 0.3) is 0 Å². The smallest absolute Gasteiger partial charge is 0.313 e. The van der Waals surface area contributed by atoms with E-state index in [2.05, 4.69) is 54.5 Å². The summed E-state index contributed by atoms with van der Waals surface area (Å²) < 4.78 is 73.8. The van der Waals surface area contributed by atoms with Gasteiger partial charge in [-0.2, -0.15) is 0 Å². The van der Waals surface area contributed by atoms with Crippen LogP contribution in [0.5, 0.6) is 0 Å². The lowest BCUT2D eigenvalue weighted by molar-refractivity contribution is -0.370. The Morgan fingerprint density at radius 1 is 0.506 bits per heavy atom. The Balaban J connectivity index is 1.03. The van der Waals surface area contributed by atoms with Crippen LogP contribution in [0.4, 0.5) is 0 Å². The number of fused-ring (bicyclic) bond motifs is 7. The van der Waals surface area contributed by atoms with Crippen LogP contribution in [0.3, 0.4) is 0 Å². The maximum atomic E-state index is 15.4. The highest BCUT2D eigenvalue weighted by atomic mass is 16.8. The fourth-order valence-electron chi connectivity index (χ4n) is 17.4. The van der Waals surface area contributed by atoms with Crippen molar-refractivity contribution in [2.75, 3.05) is 13.2 Å². The van der Waals surface area contributed by atoms with Crippen LogP contribution in [0.15, 0.2) is 72.3 Å². The van der Waals surface area contributed by atoms with Crippen molar-refractivity contribution in [3.05, 3.63) is 83.4 Å². The number of ether oxygens (including phenoxy) is 12. The van der Waals surface area contributed by atoms with Gasteiger partial charge in [-0.25, -0.2) is 0 Å². The highest BCUT2D eigenvalue weighted by molar-refractivity contribution is 5.79. The van der Waals surface area contributed by atoms with Crippen LogP contribution in [0.25, 0.3) is 0 Å². The van der Waals surface area contributed by atoms with Gasteiger partial charge in [-0.3, -0.25) is 38.4 Å². The number of benzene rings is 2. The molecular weight excluding hydrogens is 1150 g/mol. The first-order chi connectivity index (χ1) is 41.8. The first-order valence-electron chi connectivity index (χ1n) is 31.6. The second-order valence-corrected chi connectivity index (χ2v) is 28.1. The molecule has 0 unspecified atom stereocenters. The molecule has 2 aromatic carbocycles. The summed E-state index contributed by atoms with van der Waals surface area (Å²) in [6.45, 7) is 23.3. The fraction of sp³-hybridized carbons (Fsp3) is 0.681. The van der Waals surface area contributed by atoms with Crippen LogP contribution in [0.1, 0.15) is 178 Å². The Morgan fingerprint density at radius 2 is 0.978 bits per heavy atom. The van der Waals surface area contributed by atoms with Crippen molar-refractivity contribution in [1.82, 2.24) is 0 Å². The van der Waals surface area contributed by atoms with Gasteiger partial charge >= 0.3 is 47.8 Å². The van der Waals surface area contributed by atoms with Crippen LogP contribution >= 0.6 is 0 Å².